The van der Waals surface area contributed by atoms with Crippen molar-refractivity contribution in [2.45, 2.75) is 82.7 Å². The fourth-order valence-corrected chi connectivity index (χ4v) is 6.96. The van der Waals surface area contributed by atoms with Crippen molar-refractivity contribution in [3.63, 3.8) is 0 Å². The number of halogens is 13. The Balaban J connectivity index is 0.000000226. The van der Waals surface area contributed by atoms with Crippen LogP contribution in [-0.4, -0.2) is 12.6 Å². The van der Waals surface area contributed by atoms with E-state index in [0.29, 0.717) is 43.5 Å². The van der Waals surface area contributed by atoms with Crippen LogP contribution in [0.25, 0.3) is 6.08 Å². The van der Waals surface area contributed by atoms with Crippen LogP contribution in [0, 0.1) is 0 Å². The van der Waals surface area contributed by atoms with Crippen LogP contribution in [-0.2, 0) is 69.8 Å². The zero-order chi connectivity index (χ0) is 42.6. The molecule has 2 atom stereocenters. The van der Waals surface area contributed by atoms with Crippen molar-refractivity contribution in [2.75, 3.05) is 6.61 Å². The van der Waals surface area contributed by atoms with E-state index < -0.39 is 59.0 Å². The average molecular weight is 898 g/mol. The molecular formula is C41H33BrF12O4. The summed E-state index contributed by atoms with van der Waals surface area (Å²) in [7, 11) is 0. The highest BCUT2D eigenvalue weighted by Gasteiger charge is 2.38. The summed E-state index contributed by atoms with van der Waals surface area (Å²) in [5, 5.41) is 0. The first kappa shape index (κ1) is 44.7. The lowest BCUT2D eigenvalue weighted by Crippen LogP contribution is -2.12. The Bertz CT molecular complexity index is 2060. The molecule has 6 rings (SSSR count). The smallest absolute Gasteiger partial charge is 0.416 e. The number of carbonyl (C=O) groups is 1. The van der Waals surface area contributed by atoms with Crippen LogP contribution in [0.4, 0.5) is 52.7 Å². The van der Waals surface area contributed by atoms with Gasteiger partial charge < -0.3 is 14.2 Å². The highest BCUT2D eigenvalue weighted by molar-refractivity contribution is 9.10. The number of hydrogen-bond donors (Lipinski definition) is 0. The summed E-state index contributed by atoms with van der Waals surface area (Å²) < 4.78 is 173. The Morgan fingerprint density at radius 3 is 1.45 bits per heavy atom. The minimum Gasteiger partial charge on any atom is -0.463 e. The molecule has 2 aliphatic carbocycles. The van der Waals surface area contributed by atoms with Crippen LogP contribution in [0.5, 0.6) is 0 Å². The van der Waals surface area contributed by atoms with Crippen molar-refractivity contribution < 1.29 is 71.7 Å². The molecule has 2 unspecified atom stereocenters. The number of fused-ring (bicyclic) bond motifs is 2. The first-order valence-corrected chi connectivity index (χ1v) is 18.4. The quantitative estimate of drug-likeness (QED) is 0.0954. The molecule has 0 N–H and O–H groups in total. The van der Waals surface area contributed by atoms with Gasteiger partial charge in [-0.1, -0.05) is 40.2 Å². The number of esters is 1. The van der Waals surface area contributed by atoms with Gasteiger partial charge in [0.15, 0.2) is 0 Å². The molecule has 17 heteroatoms. The van der Waals surface area contributed by atoms with Gasteiger partial charge in [0.1, 0.15) is 0 Å². The van der Waals surface area contributed by atoms with Crippen LogP contribution in [0.1, 0.15) is 93.2 Å². The SMILES string of the molecule is CCOC(=O)/C=C/c1ccc2c(c1)CCC2OCc1cc(C(F)(F)F)cc(C(F)(F)F)c1.FC(F)(F)c1cc(COC2CCc3cc(Br)ccc32)cc(C(F)(F)F)c1. The molecule has 58 heavy (non-hydrogen) atoms. The molecule has 0 saturated carbocycles. The standard InChI is InChI=1S/C23H20F6O3.C18H13BrF6O/c1-2-31-21(30)8-4-14-3-6-19-16(9-14)5-7-20(19)32-13-15-10-17(22(24,25)26)12-18(11-15)23(27,28)29;19-14-2-3-15-11(7-14)1-4-16(15)26-9-10-5-12(17(20,21)22)8-13(6-10)18(23,24)25/h3-4,6,8-12,20H,2,5,7,13H2,1H3;2-3,5-8,16H,1,4,9H2/b8-4+;. The lowest BCUT2D eigenvalue weighted by atomic mass is 10.0. The van der Waals surface area contributed by atoms with Gasteiger partial charge in [0, 0.05) is 10.5 Å². The molecule has 0 spiro atoms. The molecular weight excluding hydrogens is 864 g/mol. The highest BCUT2D eigenvalue weighted by Crippen LogP contribution is 2.41. The molecule has 4 aromatic carbocycles. The topological polar surface area (TPSA) is 44.8 Å². The number of hydrogen-bond acceptors (Lipinski definition) is 4. The predicted molar refractivity (Wildman–Crippen MR) is 191 cm³/mol. The number of alkyl halides is 12. The molecule has 0 fully saturated rings. The van der Waals surface area contributed by atoms with Crippen LogP contribution >= 0.6 is 15.9 Å². The zero-order valence-corrected chi connectivity index (χ0v) is 31.8. The predicted octanol–water partition coefficient (Wildman–Crippen LogP) is 13.2. The number of ether oxygens (including phenoxy) is 3. The van der Waals surface area contributed by atoms with E-state index in [2.05, 4.69) is 15.9 Å². The third kappa shape index (κ3) is 11.9. The summed E-state index contributed by atoms with van der Waals surface area (Å²) in [6, 6.07) is 14.0. The Kier molecular flexibility index (Phi) is 13.8. The normalized spacial score (nSPS) is 16.9. The van der Waals surface area contributed by atoms with Crippen molar-refractivity contribution in [3.05, 3.63) is 145 Å². The van der Waals surface area contributed by atoms with Gasteiger partial charge in [0.25, 0.3) is 0 Å². The van der Waals surface area contributed by atoms with Crippen molar-refractivity contribution >= 4 is 28.0 Å². The molecule has 4 nitrogen and oxygen atoms in total. The molecule has 0 heterocycles. The Morgan fingerprint density at radius 2 is 1.03 bits per heavy atom. The first-order chi connectivity index (χ1) is 27.0. The fraction of sp³-hybridized carbons (Fsp3) is 0.341. The van der Waals surface area contributed by atoms with Crippen molar-refractivity contribution in [3.8, 4) is 0 Å². The maximum absolute atomic E-state index is 13.0. The Labute approximate surface area is 332 Å². The lowest BCUT2D eigenvalue weighted by molar-refractivity contribution is -0.144. The van der Waals surface area contributed by atoms with Crippen molar-refractivity contribution in [2.24, 2.45) is 0 Å². The van der Waals surface area contributed by atoms with Crippen LogP contribution in [0.15, 0.2) is 83.3 Å². The minimum absolute atomic E-state index is 0.0969. The third-order valence-electron chi connectivity index (χ3n) is 9.21. The van der Waals surface area contributed by atoms with Gasteiger partial charge in [-0.25, -0.2) is 4.79 Å². The molecule has 4 aromatic rings. The van der Waals surface area contributed by atoms with Crippen molar-refractivity contribution in [1.29, 1.82) is 0 Å². The summed E-state index contributed by atoms with van der Waals surface area (Å²) in [5.41, 5.74) is -1.24. The van der Waals surface area contributed by atoms with E-state index in [1.807, 2.05) is 24.3 Å². The maximum atomic E-state index is 13.0. The van der Waals surface area contributed by atoms with Gasteiger partial charge in [0.05, 0.1) is 54.3 Å². The van der Waals surface area contributed by atoms with E-state index in [1.165, 1.54) is 6.08 Å². The van der Waals surface area contributed by atoms with Crippen LogP contribution in [0.3, 0.4) is 0 Å². The summed E-state index contributed by atoms with van der Waals surface area (Å²) in [5.74, 6) is -0.464. The summed E-state index contributed by atoms with van der Waals surface area (Å²) in [6.07, 6.45) is -14.8. The van der Waals surface area contributed by atoms with Gasteiger partial charge in [-0.2, -0.15) is 52.7 Å². The summed E-state index contributed by atoms with van der Waals surface area (Å²) in [6.45, 7) is 1.25. The van der Waals surface area contributed by atoms with Gasteiger partial charge in [0.2, 0.25) is 0 Å². The zero-order valence-electron chi connectivity index (χ0n) is 30.2. The first-order valence-electron chi connectivity index (χ1n) is 17.6. The van der Waals surface area contributed by atoms with Gasteiger partial charge in [-0.05, 0) is 126 Å². The largest absolute Gasteiger partial charge is 0.463 e. The minimum atomic E-state index is -4.90. The fourth-order valence-electron chi connectivity index (χ4n) is 6.55. The molecule has 312 valence electrons. The number of carbonyl (C=O) groups excluding carboxylic acids is 1. The Morgan fingerprint density at radius 1 is 0.621 bits per heavy atom. The van der Waals surface area contributed by atoms with Gasteiger partial charge in [-0.15, -0.1) is 0 Å². The maximum Gasteiger partial charge on any atom is 0.416 e. The summed E-state index contributed by atoms with van der Waals surface area (Å²) >= 11 is 3.36. The molecule has 0 aromatic heterocycles. The van der Waals surface area contributed by atoms with Crippen LogP contribution < -0.4 is 0 Å². The van der Waals surface area contributed by atoms with Gasteiger partial charge in [-0.3, -0.25) is 0 Å². The second kappa shape index (κ2) is 17.9. The summed E-state index contributed by atoms with van der Waals surface area (Å²) in [4.78, 5) is 11.4. The van der Waals surface area contributed by atoms with E-state index >= 15 is 0 Å². The van der Waals surface area contributed by atoms with E-state index in [9.17, 15) is 57.5 Å². The number of benzene rings is 4. The lowest BCUT2D eigenvalue weighted by Gasteiger charge is -2.17. The average Bonchev–Trinajstić information content (AvgIpc) is 3.74. The van der Waals surface area contributed by atoms with Gasteiger partial charge >= 0.3 is 30.7 Å². The molecule has 0 radical (unpaired) electrons. The van der Waals surface area contributed by atoms with E-state index in [0.717, 1.165) is 38.7 Å². The molecule has 0 aliphatic heterocycles. The molecule has 0 bridgehead atoms. The number of rotatable bonds is 9. The Hall–Kier alpha value is -4.35. The van der Waals surface area contributed by atoms with E-state index in [-0.39, 0.29) is 49.2 Å². The molecule has 0 saturated heterocycles. The third-order valence-corrected chi connectivity index (χ3v) is 9.71. The molecule has 2 aliphatic rings. The second-order valence-electron chi connectivity index (χ2n) is 13.4. The van der Waals surface area contributed by atoms with Crippen LogP contribution in [0.2, 0.25) is 0 Å². The monoisotopic (exact) mass is 896 g/mol. The second-order valence-corrected chi connectivity index (χ2v) is 14.3. The highest BCUT2D eigenvalue weighted by atomic mass is 79.9. The number of aryl methyl sites for hydroxylation is 2. The van der Waals surface area contributed by atoms with E-state index in [4.69, 9.17) is 14.2 Å². The van der Waals surface area contributed by atoms with E-state index in [1.54, 1.807) is 25.1 Å². The van der Waals surface area contributed by atoms with Crippen molar-refractivity contribution in [1.82, 2.24) is 0 Å². The molecule has 0 amide bonds.